The molecule has 0 saturated heterocycles. The molecule has 0 spiro atoms. The summed E-state index contributed by atoms with van der Waals surface area (Å²) in [6.45, 7) is 0.257. The molecule has 120 valence electrons. The van der Waals surface area contributed by atoms with Gasteiger partial charge < -0.3 is 4.74 Å². The predicted octanol–water partition coefficient (Wildman–Crippen LogP) is 0.902. The molecule has 1 rings (SSSR count). The number of carbonyl (C=O) groups is 2. The Bertz CT molecular complexity index is 745. The quantitative estimate of drug-likeness (QED) is 0.348. The molecule has 0 aliphatic heterocycles. The van der Waals surface area contributed by atoms with Crippen molar-refractivity contribution >= 4 is 39.1 Å². The number of hydrogen-bond donors (Lipinski definition) is 1. The van der Waals surface area contributed by atoms with E-state index < -0.39 is 49.4 Å². The molecule has 0 unspecified atom stereocenters. The summed E-state index contributed by atoms with van der Waals surface area (Å²) < 4.78 is 30.5. The molecule has 1 aromatic carbocycles. The van der Waals surface area contributed by atoms with Crippen LogP contribution in [0.4, 0.5) is 5.69 Å². The summed E-state index contributed by atoms with van der Waals surface area (Å²) in [6, 6.07) is 1.91. The Hall–Kier alpha value is -2.04. The smallest absolute Gasteiger partial charge is 0.320 e. The molecule has 1 aromatic rings. The van der Waals surface area contributed by atoms with E-state index in [0.717, 1.165) is 26.2 Å². The van der Waals surface area contributed by atoms with Crippen molar-refractivity contribution in [2.75, 3.05) is 13.7 Å². The van der Waals surface area contributed by atoms with Crippen LogP contribution in [0.15, 0.2) is 17.0 Å². The lowest BCUT2D eigenvalue weighted by Gasteiger charge is -2.11. The highest BCUT2D eigenvalue weighted by atomic mass is 35.5. The number of nitro groups is 1. The Morgan fingerprint density at radius 2 is 2.00 bits per heavy atom. The van der Waals surface area contributed by atoms with Gasteiger partial charge in [-0.05, 0) is 13.0 Å². The van der Waals surface area contributed by atoms with Crippen molar-refractivity contribution in [2.45, 2.75) is 11.8 Å². The third kappa shape index (κ3) is 3.78. The van der Waals surface area contributed by atoms with Crippen molar-refractivity contribution in [3.05, 3.63) is 32.8 Å². The van der Waals surface area contributed by atoms with E-state index in [9.17, 15) is 28.1 Å². The summed E-state index contributed by atoms with van der Waals surface area (Å²) in [5, 5.41) is 10.6. The van der Waals surface area contributed by atoms with E-state index in [2.05, 4.69) is 4.74 Å². The molecule has 0 amide bonds. The van der Waals surface area contributed by atoms with Gasteiger partial charge in [-0.1, -0.05) is 11.6 Å². The first-order valence-corrected chi connectivity index (χ1v) is 7.52. The maximum absolute atomic E-state index is 12.2. The highest BCUT2D eigenvalue weighted by Gasteiger charge is 2.31. The van der Waals surface area contributed by atoms with Crippen LogP contribution >= 0.6 is 11.6 Å². The normalized spacial score (nSPS) is 11.0. The number of carbonyl (C=O) groups excluding carboxylic acids is 2. The van der Waals surface area contributed by atoms with Gasteiger partial charge in [-0.2, -0.15) is 4.72 Å². The zero-order chi connectivity index (χ0) is 17.1. The highest BCUT2D eigenvalue weighted by molar-refractivity contribution is 7.89. The van der Waals surface area contributed by atoms with Crippen LogP contribution in [0.1, 0.15) is 17.3 Å². The van der Waals surface area contributed by atoms with Gasteiger partial charge in [-0.3, -0.25) is 19.7 Å². The zero-order valence-electron chi connectivity index (χ0n) is 11.5. The third-order valence-electron chi connectivity index (χ3n) is 2.54. The Kier molecular flexibility index (Phi) is 5.58. The van der Waals surface area contributed by atoms with E-state index >= 15 is 0 Å². The number of ketones is 1. The standard InChI is InChI=1S/C11H11ClN2O7S/c1-6(15)10-8(14(17)18)4-3-7(12)11(10)22(19,20)13-5-9(16)21-2/h3-4,13H,5H2,1-2H3. The molecule has 0 heterocycles. The summed E-state index contributed by atoms with van der Waals surface area (Å²) >= 11 is 5.77. The van der Waals surface area contributed by atoms with Crippen molar-refractivity contribution < 1.29 is 27.7 Å². The number of nitro benzene ring substituents is 1. The number of hydrogen-bond acceptors (Lipinski definition) is 7. The van der Waals surface area contributed by atoms with Gasteiger partial charge in [-0.25, -0.2) is 8.42 Å². The average Bonchev–Trinajstić information content (AvgIpc) is 2.43. The van der Waals surface area contributed by atoms with Gasteiger partial charge in [0.15, 0.2) is 5.78 Å². The van der Waals surface area contributed by atoms with Gasteiger partial charge in [0, 0.05) is 6.07 Å². The Morgan fingerprint density at radius 3 is 2.45 bits per heavy atom. The first-order chi connectivity index (χ1) is 10.1. The number of nitrogens with zero attached hydrogens (tertiary/aromatic N) is 1. The third-order valence-corrected chi connectivity index (χ3v) is 4.45. The fourth-order valence-electron chi connectivity index (χ4n) is 1.60. The van der Waals surface area contributed by atoms with Crippen LogP contribution in [0.25, 0.3) is 0 Å². The zero-order valence-corrected chi connectivity index (χ0v) is 13.0. The van der Waals surface area contributed by atoms with Crippen LogP contribution in [0.3, 0.4) is 0 Å². The maximum Gasteiger partial charge on any atom is 0.320 e. The molecule has 0 aromatic heterocycles. The molecule has 0 radical (unpaired) electrons. The number of methoxy groups -OCH3 is 1. The SMILES string of the molecule is COC(=O)CNS(=O)(=O)c1c(Cl)ccc([N+](=O)[O-])c1C(C)=O. The molecular formula is C11H11ClN2O7S. The first kappa shape index (κ1) is 18.0. The largest absolute Gasteiger partial charge is 0.468 e. The molecule has 0 saturated carbocycles. The van der Waals surface area contributed by atoms with E-state index in [1.165, 1.54) is 0 Å². The van der Waals surface area contributed by atoms with E-state index in [-0.39, 0.29) is 5.02 Å². The molecule has 1 N–H and O–H groups in total. The lowest BCUT2D eigenvalue weighted by atomic mass is 10.1. The summed E-state index contributed by atoms with van der Waals surface area (Å²) in [5.74, 6) is -1.73. The maximum atomic E-state index is 12.2. The minimum atomic E-state index is -4.44. The lowest BCUT2D eigenvalue weighted by Crippen LogP contribution is -2.31. The summed E-state index contributed by atoms with van der Waals surface area (Å²) in [4.78, 5) is 32.0. The summed E-state index contributed by atoms with van der Waals surface area (Å²) in [7, 11) is -3.38. The number of rotatable bonds is 6. The highest BCUT2D eigenvalue weighted by Crippen LogP contribution is 2.32. The van der Waals surface area contributed by atoms with Crippen LogP contribution in [-0.4, -0.2) is 38.7 Å². The molecule has 0 aliphatic rings. The van der Waals surface area contributed by atoms with Gasteiger partial charge in [0.05, 0.1) is 17.1 Å². The van der Waals surface area contributed by atoms with Crippen LogP contribution in [0, 0.1) is 10.1 Å². The molecule has 0 bridgehead atoms. The first-order valence-electron chi connectivity index (χ1n) is 5.66. The second kappa shape index (κ2) is 6.81. The van der Waals surface area contributed by atoms with E-state index in [1.807, 2.05) is 4.72 Å². The van der Waals surface area contributed by atoms with Gasteiger partial charge in [0.25, 0.3) is 5.69 Å². The molecular weight excluding hydrogens is 340 g/mol. The van der Waals surface area contributed by atoms with Gasteiger partial charge in [0.1, 0.15) is 17.0 Å². The average molecular weight is 351 g/mol. The fourth-order valence-corrected chi connectivity index (χ4v) is 3.36. The van der Waals surface area contributed by atoms with Crippen LogP contribution < -0.4 is 4.72 Å². The van der Waals surface area contributed by atoms with Crippen molar-refractivity contribution in [2.24, 2.45) is 0 Å². The molecule has 11 heteroatoms. The monoisotopic (exact) mass is 350 g/mol. The van der Waals surface area contributed by atoms with Crippen LogP contribution in [-0.2, 0) is 19.6 Å². The van der Waals surface area contributed by atoms with E-state index in [0.29, 0.717) is 0 Å². The summed E-state index contributed by atoms with van der Waals surface area (Å²) in [6.07, 6.45) is 0. The van der Waals surface area contributed by atoms with Crippen molar-refractivity contribution in [3.8, 4) is 0 Å². The van der Waals surface area contributed by atoms with Gasteiger partial charge in [0.2, 0.25) is 10.0 Å². The summed E-state index contributed by atoms with van der Waals surface area (Å²) in [5.41, 5.74) is -1.36. The molecule has 22 heavy (non-hydrogen) atoms. The topological polar surface area (TPSA) is 133 Å². The van der Waals surface area contributed by atoms with Crippen LogP contribution in [0.2, 0.25) is 5.02 Å². The molecule has 0 fully saturated rings. The minimum absolute atomic E-state index is 0.381. The molecule has 0 aliphatic carbocycles. The van der Waals surface area contributed by atoms with Crippen molar-refractivity contribution in [1.82, 2.24) is 4.72 Å². The molecule has 0 atom stereocenters. The van der Waals surface area contributed by atoms with Crippen molar-refractivity contribution in [3.63, 3.8) is 0 Å². The number of Topliss-reactive ketones (excluding diaryl/α,β-unsaturated/α-hetero) is 1. The fraction of sp³-hybridized carbons (Fsp3) is 0.273. The Morgan fingerprint density at radius 1 is 1.41 bits per heavy atom. The number of benzene rings is 1. The van der Waals surface area contributed by atoms with Crippen LogP contribution in [0.5, 0.6) is 0 Å². The predicted molar refractivity (Wildman–Crippen MR) is 75.3 cm³/mol. The number of esters is 1. The van der Waals surface area contributed by atoms with E-state index in [1.54, 1.807) is 0 Å². The number of halogens is 1. The lowest BCUT2D eigenvalue weighted by molar-refractivity contribution is -0.385. The molecule has 9 nitrogen and oxygen atoms in total. The van der Waals surface area contributed by atoms with Gasteiger partial charge in [-0.15, -0.1) is 0 Å². The van der Waals surface area contributed by atoms with E-state index in [4.69, 9.17) is 11.6 Å². The second-order valence-electron chi connectivity index (χ2n) is 3.98. The van der Waals surface area contributed by atoms with Gasteiger partial charge >= 0.3 is 5.97 Å². The van der Waals surface area contributed by atoms with Crippen molar-refractivity contribution in [1.29, 1.82) is 0 Å². The number of sulfonamides is 1. The number of nitrogens with one attached hydrogen (secondary N) is 1. The Balaban J connectivity index is 3.51. The number of ether oxygens (including phenoxy) is 1. The Labute approximate surface area is 130 Å². The minimum Gasteiger partial charge on any atom is -0.468 e. The second-order valence-corrected chi connectivity index (χ2v) is 6.10.